The van der Waals surface area contributed by atoms with Crippen LogP contribution in [0.1, 0.15) is 43.3 Å². The molecular formula is C22H27N5O4S. The van der Waals surface area contributed by atoms with Crippen molar-refractivity contribution in [3.8, 4) is 10.4 Å². The smallest absolute Gasteiger partial charge is 0.408 e. The highest BCUT2D eigenvalue weighted by molar-refractivity contribution is 7.18. The fraction of sp³-hybridized carbons (Fsp3) is 0.455. The quantitative estimate of drug-likeness (QED) is 0.653. The van der Waals surface area contributed by atoms with E-state index in [9.17, 15) is 19.5 Å². The van der Waals surface area contributed by atoms with E-state index < -0.39 is 17.3 Å². The monoisotopic (exact) mass is 457 g/mol. The molecule has 1 fully saturated rings. The van der Waals surface area contributed by atoms with Crippen molar-refractivity contribution in [1.29, 1.82) is 0 Å². The summed E-state index contributed by atoms with van der Waals surface area (Å²) in [5.74, 6) is -0.343. The Morgan fingerprint density at radius 3 is 2.47 bits per heavy atom. The molecule has 0 unspecified atom stereocenters. The van der Waals surface area contributed by atoms with Gasteiger partial charge in [-0.3, -0.25) is 19.5 Å². The molecule has 1 saturated heterocycles. The summed E-state index contributed by atoms with van der Waals surface area (Å²) in [6, 6.07) is 5.81. The number of likely N-dealkylation sites (tertiary alicyclic amines) is 1. The molecule has 2 aliphatic rings. The first kappa shape index (κ1) is 22.1. The van der Waals surface area contributed by atoms with Crippen LogP contribution in [0.2, 0.25) is 0 Å². The maximum atomic E-state index is 12.8. The zero-order valence-electron chi connectivity index (χ0n) is 18.3. The molecule has 2 aliphatic heterocycles. The molecule has 2 aromatic rings. The van der Waals surface area contributed by atoms with Crippen LogP contribution in [-0.2, 0) is 4.79 Å². The number of carboxylic acid groups (broad SMARTS) is 1. The summed E-state index contributed by atoms with van der Waals surface area (Å²) in [5.41, 5.74) is 0.521. The Balaban J connectivity index is 1.44. The predicted octanol–water partition coefficient (Wildman–Crippen LogP) is 3.06. The molecule has 0 aromatic carbocycles. The molecule has 170 valence electrons. The summed E-state index contributed by atoms with van der Waals surface area (Å²) in [6.45, 7) is 5.97. The molecule has 0 atom stereocenters. The Labute approximate surface area is 190 Å². The maximum absolute atomic E-state index is 12.8. The van der Waals surface area contributed by atoms with Gasteiger partial charge in [0.25, 0.3) is 5.91 Å². The zero-order chi connectivity index (χ0) is 23.1. The molecule has 0 radical (unpaired) electrons. The number of carbonyl (C=O) groups is 3. The summed E-state index contributed by atoms with van der Waals surface area (Å²) in [6.07, 6.45) is 3.40. The number of thiophene rings is 1. The largest absolute Gasteiger partial charge is 0.465 e. The molecule has 0 saturated carbocycles. The second-order valence-electron chi connectivity index (χ2n) is 9.17. The van der Waals surface area contributed by atoms with E-state index in [4.69, 9.17) is 0 Å². The topological polar surface area (TPSA) is 115 Å². The van der Waals surface area contributed by atoms with E-state index in [0.717, 1.165) is 21.0 Å². The molecule has 3 N–H and O–H groups in total. The third kappa shape index (κ3) is 4.27. The highest BCUT2D eigenvalue weighted by Gasteiger charge is 2.42. The molecule has 3 amide bonds. The summed E-state index contributed by atoms with van der Waals surface area (Å²) in [4.78, 5) is 45.7. The zero-order valence-corrected chi connectivity index (χ0v) is 19.2. The van der Waals surface area contributed by atoms with Crippen LogP contribution < -0.4 is 10.6 Å². The highest BCUT2D eigenvalue weighted by Crippen LogP contribution is 2.40. The van der Waals surface area contributed by atoms with Gasteiger partial charge in [0.15, 0.2) is 0 Å². The van der Waals surface area contributed by atoms with Crippen molar-refractivity contribution >= 4 is 34.9 Å². The number of hydrogen-bond donors (Lipinski definition) is 3. The second kappa shape index (κ2) is 8.09. The van der Waals surface area contributed by atoms with Gasteiger partial charge in [-0.15, -0.1) is 11.3 Å². The SMILES string of the molecule is CC(C)(C)N(CC(=O)N1CCC2(CC1)NC(=O)c1sc(-c3ccncc3)cc1N2)C(=O)O. The summed E-state index contributed by atoms with van der Waals surface area (Å²) in [5, 5.41) is 16.1. The van der Waals surface area contributed by atoms with E-state index in [0.29, 0.717) is 30.8 Å². The first-order chi connectivity index (χ1) is 15.1. The van der Waals surface area contributed by atoms with Crippen LogP contribution in [0, 0.1) is 0 Å². The number of piperidine rings is 1. The van der Waals surface area contributed by atoms with Crippen molar-refractivity contribution in [3.63, 3.8) is 0 Å². The van der Waals surface area contributed by atoms with Crippen molar-refractivity contribution in [2.45, 2.75) is 44.8 Å². The van der Waals surface area contributed by atoms with E-state index in [1.54, 1.807) is 38.1 Å². The Kier molecular flexibility index (Phi) is 5.58. The molecule has 0 aliphatic carbocycles. The third-order valence-electron chi connectivity index (χ3n) is 5.93. The number of aromatic nitrogens is 1. The molecule has 9 nitrogen and oxygen atoms in total. The van der Waals surface area contributed by atoms with Crippen LogP contribution in [0.3, 0.4) is 0 Å². The Bertz CT molecular complexity index is 1040. The molecule has 1 spiro atoms. The number of carbonyl (C=O) groups excluding carboxylic acids is 2. The third-order valence-corrected chi connectivity index (χ3v) is 7.12. The lowest BCUT2D eigenvalue weighted by Crippen LogP contribution is -2.63. The molecule has 10 heteroatoms. The number of nitrogens with one attached hydrogen (secondary N) is 2. The number of rotatable bonds is 3. The molecular weight excluding hydrogens is 430 g/mol. The van der Waals surface area contributed by atoms with Crippen molar-refractivity contribution < 1.29 is 19.5 Å². The van der Waals surface area contributed by atoms with Crippen molar-refractivity contribution in [3.05, 3.63) is 35.5 Å². The molecule has 2 aromatic heterocycles. The van der Waals surface area contributed by atoms with Gasteiger partial charge in [-0.1, -0.05) is 0 Å². The number of amides is 3. The first-order valence-electron chi connectivity index (χ1n) is 10.5. The Hall–Kier alpha value is -3.14. The Morgan fingerprint density at radius 2 is 1.88 bits per heavy atom. The molecule has 32 heavy (non-hydrogen) atoms. The fourth-order valence-electron chi connectivity index (χ4n) is 4.09. The van der Waals surface area contributed by atoms with Gasteiger partial charge in [-0.25, -0.2) is 4.79 Å². The van der Waals surface area contributed by atoms with Crippen molar-refractivity contribution in [2.24, 2.45) is 0 Å². The normalized spacial score (nSPS) is 17.3. The molecule has 0 bridgehead atoms. The van der Waals surface area contributed by atoms with Crippen molar-refractivity contribution in [1.82, 2.24) is 20.1 Å². The second-order valence-corrected chi connectivity index (χ2v) is 10.2. The number of anilines is 1. The summed E-state index contributed by atoms with van der Waals surface area (Å²) < 4.78 is 0. The molecule has 4 heterocycles. The number of fused-ring (bicyclic) bond motifs is 1. The standard InChI is InChI=1S/C22H27N5O4S/c1-21(2,3)27(20(30)31)13-17(28)26-10-6-22(7-11-26)24-15-12-16(14-4-8-23-9-5-14)32-18(15)19(29)25-22/h4-5,8-9,12,24H,6-7,10-11,13H2,1-3H3,(H,25,29)(H,30,31). The minimum Gasteiger partial charge on any atom is -0.465 e. The van der Waals surface area contributed by atoms with Crippen LogP contribution in [0.5, 0.6) is 0 Å². The van der Waals surface area contributed by atoms with E-state index in [1.807, 2.05) is 18.2 Å². The lowest BCUT2D eigenvalue weighted by molar-refractivity contribution is -0.134. The van der Waals surface area contributed by atoms with Gasteiger partial charge < -0.3 is 20.6 Å². The van der Waals surface area contributed by atoms with Crippen LogP contribution >= 0.6 is 11.3 Å². The van der Waals surface area contributed by atoms with Crippen LogP contribution in [0.25, 0.3) is 10.4 Å². The van der Waals surface area contributed by atoms with Crippen LogP contribution in [0.15, 0.2) is 30.6 Å². The van der Waals surface area contributed by atoms with E-state index >= 15 is 0 Å². The van der Waals surface area contributed by atoms with Crippen LogP contribution in [-0.4, -0.2) is 68.6 Å². The van der Waals surface area contributed by atoms with Gasteiger partial charge in [0.2, 0.25) is 5.91 Å². The van der Waals surface area contributed by atoms with Crippen molar-refractivity contribution in [2.75, 3.05) is 25.0 Å². The van der Waals surface area contributed by atoms with Crippen LogP contribution in [0.4, 0.5) is 10.5 Å². The molecule has 4 rings (SSSR count). The fourth-order valence-corrected chi connectivity index (χ4v) is 5.10. The van der Waals surface area contributed by atoms with Gasteiger partial charge in [-0.05, 0) is 44.5 Å². The van der Waals surface area contributed by atoms with E-state index in [2.05, 4.69) is 15.6 Å². The lowest BCUT2D eigenvalue weighted by Gasteiger charge is -2.45. The van der Waals surface area contributed by atoms with Gasteiger partial charge in [0.1, 0.15) is 17.1 Å². The average molecular weight is 458 g/mol. The Morgan fingerprint density at radius 1 is 1.22 bits per heavy atom. The number of hydrogen-bond acceptors (Lipinski definition) is 6. The number of nitrogens with zero attached hydrogens (tertiary/aromatic N) is 3. The van der Waals surface area contributed by atoms with E-state index in [-0.39, 0.29) is 18.4 Å². The first-order valence-corrected chi connectivity index (χ1v) is 11.3. The maximum Gasteiger partial charge on any atom is 0.408 e. The van der Waals surface area contributed by atoms with Gasteiger partial charge in [0.05, 0.1) is 5.69 Å². The minimum absolute atomic E-state index is 0.117. The van der Waals surface area contributed by atoms with E-state index in [1.165, 1.54) is 11.3 Å². The predicted molar refractivity (Wildman–Crippen MR) is 122 cm³/mol. The highest BCUT2D eigenvalue weighted by atomic mass is 32.1. The average Bonchev–Trinajstić information content (AvgIpc) is 3.16. The van der Waals surface area contributed by atoms with Gasteiger partial charge in [-0.2, -0.15) is 0 Å². The summed E-state index contributed by atoms with van der Waals surface area (Å²) in [7, 11) is 0. The summed E-state index contributed by atoms with van der Waals surface area (Å²) >= 11 is 1.43. The van der Waals surface area contributed by atoms with Gasteiger partial charge in [0, 0.05) is 48.7 Å². The van der Waals surface area contributed by atoms with Gasteiger partial charge >= 0.3 is 6.09 Å². The number of pyridine rings is 1. The lowest BCUT2D eigenvalue weighted by atomic mass is 9.94. The minimum atomic E-state index is -1.12.